The van der Waals surface area contributed by atoms with Gasteiger partial charge in [0, 0.05) is 25.4 Å². The Balaban J connectivity index is 1.46. The van der Waals surface area contributed by atoms with Crippen LogP contribution in [0.1, 0.15) is 55.9 Å². The summed E-state index contributed by atoms with van der Waals surface area (Å²) in [6.45, 7) is 2.51. The van der Waals surface area contributed by atoms with Crippen molar-refractivity contribution in [2.75, 3.05) is 19.6 Å². The van der Waals surface area contributed by atoms with Gasteiger partial charge in [0.2, 0.25) is 5.91 Å². The molecule has 24 heavy (non-hydrogen) atoms. The topological polar surface area (TPSA) is 59.2 Å². The minimum Gasteiger partial charge on any atom is -0.343 e. The molecular weight excluding hydrogens is 318 g/mol. The van der Waals surface area contributed by atoms with Crippen LogP contribution in [-0.2, 0) is 4.79 Å². The van der Waals surface area contributed by atoms with Gasteiger partial charge >= 0.3 is 0 Å². The highest BCUT2D eigenvalue weighted by molar-refractivity contribution is 7.18. The maximum Gasteiger partial charge on any atom is 0.222 e. The van der Waals surface area contributed by atoms with Gasteiger partial charge in [0.15, 0.2) is 0 Å². The first-order chi connectivity index (χ1) is 11.8. The Morgan fingerprint density at radius 1 is 1.17 bits per heavy atom. The van der Waals surface area contributed by atoms with Crippen LogP contribution in [-0.4, -0.2) is 35.4 Å². The number of carbonyl (C=O) groups is 1. The van der Waals surface area contributed by atoms with E-state index in [2.05, 4.69) is 18.2 Å². The molecule has 0 saturated carbocycles. The summed E-state index contributed by atoms with van der Waals surface area (Å²) in [5.74, 6) is 0.835. The summed E-state index contributed by atoms with van der Waals surface area (Å²) in [5.41, 5.74) is 6.60. The summed E-state index contributed by atoms with van der Waals surface area (Å²) in [4.78, 5) is 19.1. The lowest BCUT2D eigenvalue weighted by Gasteiger charge is -2.31. The molecule has 1 fully saturated rings. The number of carbonyl (C=O) groups excluding carboxylic acids is 1. The lowest BCUT2D eigenvalue weighted by atomic mass is 9.97. The number of hydrogen-bond donors (Lipinski definition) is 1. The molecule has 0 aliphatic carbocycles. The van der Waals surface area contributed by atoms with Crippen molar-refractivity contribution >= 4 is 27.5 Å². The molecule has 2 aromatic rings. The Morgan fingerprint density at radius 2 is 1.92 bits per heavy atom. The number of piperidine rings is 1. The van der Waals surface area contributed by atoms with E-state index < -0.39 is 0 Å². The van der Waals surface area contributed by atoms with Crippen molar-refractivity contribution < 1.29 is 4.79 Å². The first-order valence-corrected chi connectivity index (χ1v) is 9.93. The molecule has 3 rings (SSSR count). The van der Waals surface area contributed by atoms with Gasteiger partial charge in [-0.25, -0.2) is 4.98 Å². The number of unbranched alkanes of at least 4 members (excludes halogenated alkanes) is 3. The van der Waals surface area contributed by atoms with Crippen LogP contribution in [0, 0.1) is 0 Å². The van der Waals surface area contributed by atoms with Crippen LogP contribution in [0.3, 0.4) is 0 Å². The van der Waals surface area contributed by atoms with Crippen molar-refractivity contribution in [2.24, 2.45) is 5.73 Å². The third kappa shape index (κ3) is 4.33. The smallest absolute Gasteiger partial charge is 0.222 e. The average Bonchev–Trinajstić information content (AvgIpc) is 3.05. The van der Waals surface area contributed by atoms with Gasteiger partial charge in [-0.1, -0.05) is 25.0 Å². The Hall–Kier alpha value is -1.46. The molecule has 1 saturated heterocycles. The maximum absolute atomic E-state index is 12.3. The number of likely N-dealkylation sites (tertiary alicyclic amines) is 1. The second kappa shape index (κ2) is 8.58. The molecule has 1 amide bonds. The molecule has 0 atom stereocenters. The largest absolute Gasteiger partial charge is 0.343 e. The molecule has 4 nitrogen and oxygen atoms in total. The van der Waals surface area contributed by atoms with Gasteiger partial charge in [-0.3, -0.25) is 4.79 Å². The quantitative estimate of drug-likeness (QED) is 0.774. The number of thiazole rings is 1. The number of benzene rings is 1. The van der Waals surface area contributed by atoms with E-state index in [0.717, 1.165) is 63.7 Å². The molecule has 5 heteroatoms. The molecular formula is C19H27N3OS. The molecule has 0 spiro atoms. The van der Waals surface area contributed by atoms with Crippen molar-refractivity contribution in [1.29, 1.82) is 0 Å². The molecule has 1 aliphatic rings. The van der Waals surface area contributed by atoms with Crippen LogP contribution in [0.2, 0.25) is 0 Å². The zero-order valence-corrected chi connectivity index (χ0v) is 15.1. The number of hydrogen-bond acceptors (Lipinski definition) is 4. The van der Waals surface area contributed by atoms with E-state index in [1.807, 2.05) is 22.3 Å². The van der Waals surface area contributed by atoms with Crippen LogP contribution < -0.4 is 5.73 Å². The van der Waals surface area contributed by atoms with E-state index in [0.29, 0.717) is 18.2 Å². The summed E-state index contributed by atoms with van der Waals surface area (Å²) in [6.07, 6.45) is 7.10. The van der Waals surface area contributed by atoms with E-state index in [1.54, 1.807) is 0 Å². The first-order valence-electron chi connectivity index (χ1n) is 9.11. The van der Waals surface area contributed by atoms with Crippen LogP contribution in [0.5, 0.6) is 0 Å². The van der Waals surface area contributed by atoms with Gasteiger partial charge < -0.3 is 10.6 Å². The standard InChI is InChI=1S/C19H27N3OS/c20-12-6-2-1-3-9-18(23)22-13-10-15(11-14-22)19-21-16-7-4-5-8-17(16)24-19/h4-5,7-8,15H,1-3,6,9-14,20H2. The van der Waals surface area contributed by atoms with Gasteiger partial charge in [0.05, 0.1) is 15.2 Å². The normalized spacial score (nSPS) is 16.0. The lowest BCUT2D eigenvalue weighted by Crippen LogP contribution is -2.37. The fraction of sp³-hybridized carbons (Fsp3) is 0.579. The van der Waals surface area contributed by atoms with E-state index in [-0.39, 0.29) is 0 Å². The van der Waals surface area contributed by atoms with Crippen molar-refractivity contribution in [1.82, 2.24) is 9.88 Å². The number of aromatic nitrogens is 1. The van der Waals surface area contributed by atoms with Crippen LogP contribution >= 0.6 is 11.3 Å². The molecule has 1 aliphatic heterocycles. The van der Waals surface area contributed by atoms with Gasteiger partial charge in [0.1, 0.15) is 0 Å². The van der Waals surface area contributed by atoms with Gasteiger partial charge in [0.25, 0.3) is 0 Å². The second-order valence-electron chi connectivity index (χ2n) is 6.63. The lowest BCUT2D eigenvalue weighted by molar-refractivity contribution is -0.132. The molecule has 0 unspecified atom stereocenters. The fourth-order valence-corrected chi connectivity index (χ4v) is 4.51. The van der Waals surface area contributed by atoms with Crippen LogP contribution in [0.4, 0.5) is 0 Å². The Labute approximate surface area is 148 Å². The molecule has 2 heterocycles. The molecule has 0 bridgehead atoms. The van der Waals surface area contributed by atoms with Crippen LogP contribution in [0.15, 0.2) is 24.3 Å². The monoisotopic (exact) mass is 345 g/mol. The predicted molar refractivity (Wildman–Crippen MR) is 100 cm³/mol. The molecule has 0 radical (unpaired) electrons. The number of nitrogens with zero attached hydrogens (tertiary/aromatic N) is 2. The van der Waals surface area contributed by atoms with Crippen molar-refractivity contribution in [3.8, 4) is 0 Å². The maximum atomic E-state index is 12.3. The number of nitrogens with two attached hydrogens (primary N) is 1. The van der Waals surface area contributed by atoms with Crippen molar-refractivity contribution in [3.63, 3.8) is 0 Å². The van der Waals surface area contributed by atoms with Crippen LogP contribution in [0.25, 0.3) is 10.2 Å². The minimum atomic E-state index is 0.325. The first kappa shape index (κ1) is 17.4. The molecule has 1 aromatic carbocycles. The van der Waals surface area contributed by atoms with Crippen molar-refractivity contribution in [2.45, 2.75) is 50.9 Å². The summed E-state index contributed by atoms with van der Waals surface area (Å²) in [5, 5.41) is 1.24. The van der Waals surface area contributed by atoms with Gasteiger partial charge in [-0.2, -0.15) is 0 Å². The molecule has 1 aromatic heterocycles. The third-order valence-electron chi connectivity index (χ3n) is 4.85. The zero-order valence-electron chi connectivity index (χ0n) is 14.2. The molecule has 2 N–H and O–H groups in total. The predicted octanol–water partition coefficient (Wildman–Crippen LogP) is 3.91. The number of fused-ring (bicyclic) bond motifs is 1. The fourth-order valence-electron chi connectivity index (χ4n) is 3.37. The Kier molecular flexibility index (Phi) is 6.21. The van der Waals surface area contributed by atoms with E-state index in [9.17, 15) is 4.79 Å². The number of para-hydroxylation sites is 1. The highest BCUT2D eigenvalue weighted by Gasteiger charge is 2.25. The van der Waals surface area contributed by atoms with E-state index >= 15 is 0 Å². The highest BCUT2D eigenvalue weighted by Crippen LogP contribution is 2.33. The third-order valence-corrected chi connectivity index (χ3v) is 6.05. The average molecular weight is 346 g/mol. The SMILES string of the molecule is NCCCCCCC(=O)N1CCC(c2nc3ccccc3s2)CC1. The van der Waals surface area contributed by atoms with Gasteiger partial charge in [-0.15, -0.1) is 11.3 Å². The highest BCUT2D eigenvalue weighted by atomic mass is 32.1. The summed E-state index contributed by atoms with van der Waals surface area (Å²) in [6, 6.07) is 8.33. The summed E-state index contributed by atoms with van der Waals surface area (Å²) >= 11 is 1.81. The van der Waals surface area contributed by atoms with Gasteiger partial charge in [-0.05, 0) is 44.4 Å². The Morgan fingerprint density at radius 3 is 2.67 bits per heavy atom. The summed E-state index contributed by atoms with van der Waals surface area (Å²) in [7, 11) is 0. The number of rotatable bonds is 7. The number of amides is 1. The summed E-state index contributed by atoms with van der Waals surface area (Å²) < 4.78 is 1.27. The Bertz CT molecular complexity index is 628. The molecule has 130 valence electrons. The van der Waals surface area contributed by atoms with E-state index in [4.69, 9.17) is 10.7 Å². The van der Waals surface area contributed by atoms with Crippen molar-refractivity contribution in [3.05, 3.63) is 29.3 Å². The second-order valence-corrected chi connectivity index (χ2v) is 7.69. The minimum absolute atomic E-state index is 0.325. The zero-order chi connectivity index (χ0) is 16.8. The van der Waals surface area contributed by atoms with E-state index in [1.165, 1.54) is 9.71 Å².